The van der Waals surface area contributed by atoms with E-state index in [4.69, 9.17) is 9.47 Å². The molecule has 1 aliphatic heterocycles. The largest absolute Gasteiger partial charge is 0.465 e. The lowest BCUT2D eigenvalue weighted by Gasteiger charge is -2.35. The van der Waals surface area contributed by atoms with Crippen LogP contribution in [0.4, 0.5) is 5.69 Å². The fourth-order valence-electron chi connectivity index (χ4n) is 4.43. The number of sulfonamides is 1. The van der Waals surface area contributed by atoms with Crippen molar-refractivity contribution in [3.05, 3.63) is 77.8 Å². The third-order valence-electron chi connectivity index (χ3n) is 6.11. The summed E-state index contributed by atoms with van der Waals surface area (Å²) >= 11 is 0. The number of nitrogens with one attached hydrogen (secondary N) is 2. The molecule has 0 unspecified atom stereocenters. The number of benzene rings is 1. The predicted octanol–water partition coefficient (Wildman–Crippen LogP) is 5.60. The maximum absolute atomic E-state index is 11.8. The molecule has 4 rings (SSSR count). The van der Waals surface area contributed by atoms with Crippen molar-refractivity contribution >= 4 is 26.6 Å². The molecule has 1 aliphatic carbocycles. The molecule has 2 aromatic rings. The fourth-order valence-corrected chi connectivity index (χ4v) is 5.00. The van der Waals surface area contributed by atoms with Crippen LogP contribution in [0.5, 0.6) is 0 Å². The average molecular weight is 441 g/mol. The quantitative estimate of drug-likeness (QED) is 0.587. The first-order valence-electron chi connectivity index (χ1n) is 10.6. The second-order valence-corrected chi connectivity index (χ2v) is 9.70. The predicted molar refractivity (Wildman–Crippen MR) is 124 cm³/mol. The van der Waals surface area contributed by atoms with Crippen LogP contribution in [0.25, 0.3) is 10.9 Å². The zero-order valence-electron chi connectivity index (χ0n) is 18.1. The van der Waals surface area contributed by atoms with Gasteiger partial charge in [0.05, 0.1) is 22.9 Å². The SMILES string of the molecule is CCC(CC)(C1=COC=C(C2=CC=CCC2)O1)c1c[nH]c2c(NS(C)(=O)=O)cccc12. The van der Waals surface area contributed by atoms with Gasteiger partial charge < -0.3 is 14.5 Å². The summed E-state index contributed by atoms with van der Waals surface area (Å²) in [6, 6.07) is 5.62. The molecular formula is C24H28N2O4S. The summed E-state index contributed by atoms with van der Waals surface area (Å²) in [5.41, 5.74) is 3.03. The number of H-pyrrole nitrogens is 1. The Morgan fingerprint density at radius 1 is 1.19 bits per heavy atom. The number of aromatic nitrogens is 1. The van der Waals surface area contributed by atoms with Gasteiger partial charge in [0.25, 0.3) is 0 Å². The Kier molecular flexibility index (Phi) is 5.71. The molecule has 0 atom stereocenters. The summed E-state index contributed by atoms with van der Waals surface area (Å²) in [5.74, 6) is 1.50. The summed E-state index contributed by atoms with van der Waals surface area (Å²) in [5, 5.41) is 0.956. The van der Waals surface area contributed by atoms with Gasteiger partial charge in [-0.2, -0.15) is 0 Å². The van der Waals surface area contributed by atoms with Crippen molar-refractivity contribution in [1.82, 2.24) is 4.98 Å². The van der Waals surface area contributed by atoms with Crippen LogP contribution in [0.3, 0.4) is 0 Å². The van der Waals surface area contributed by atoms with Crippen LogP contribution in [-0.4, -0.2) is 19.7 Å². The molecule has 31 heavy (non-hydrogen) atoms. The molecule has 0 spiro atoms. The molecule has 2 heterocycles. The van der Waals surface area contributed by atoms with Gasteiger partial charge >= 0.3 is 0 Å². The summed E-state index contributed by atoms with van der Waals surface area (Å²) in [7, 11) is -3.39. The highest BCUT2D eigenvalue weighted by atomic mass is 32.2. The molecule has 2 aliphatic rings. The van der Waals surface area contributed by atoms with E-state index in [-0.39, 0.29) is 0 Å². The number of ether oxygens (including phenoxy) is 2. The molecule has 1 aromatic carbocycles. The van der Waals surface area contributed by atoms with Gasteiger partial charge in [0, 0.05) is 11.6 Å². The minimum atomic E-state index is -3.39. The van der Waals surface area contributed by atoms with E-state index in [2.05, 4.69) is 35.7 Å². The van der Waals surface area contributed by atoms with Crippen molar-refractivity contribution in [2.24, 2.45) is 0 Å². The number of aromatic amines is 1. The zero-order chi connectivity index (χ0) is 22.1. The van der Waals surface area contributed by atoms with Crippen LogP contribution in [0, 0.1) is 0 Å². The number of allylic oxidation sites excluding steroid dienone is 5. The zero-order valence-corrected chi connectivity index (χ0v) is 18.9. The number of hydrogen-bond donors (Lipinski definition) is 2. The molecule has 0 amide bonds. The van der Waals surface area contributed by atoms with E-state index >= 15 is 0 Å². The first-order chi connectivity index (χ1) is 14.9. The molecule has 7 heteroatoms. The van der Waals surface area contributed by atoms with Crippen molar-refractivity contribution < 1.29 is 17.9 Å². The lowest BCUT2D eigenvalue weighted by molar-refractivity contribution is 0.172. The van der Waals surface area contributed by atoms with Gasteiger partial charge in [0.1, 0.15) is 18.3 Å². The third kappa shape index (κ3) is 4.02. The second kappa shape index (κ2) is 8.30. The highest BCUT2D eigenvalue weighted by Gasteiger charge is 2.39. The summed E-state index contributed by atoms with van der Waals surface area (Å²) in [6.07, 6.45) is 16.2. The highest BCUT2D eigenvalue weighted by molar-refractivity contribution is 7.92. The summed E-state index contributed by atoms with van der Waals surface area (Å²) in [6.45, 7) is 4.26. The number of anilines is 1. The van der Waals surface area contributed by atoms with E-state index in [1.54, 1.807) is 18.6 Å². The normalized spacial score (nSPS) is 16.8. The second-order valence-electron chi connectivity index (χ2n) is 7.96. The van der Waals surface area contributed by atoms with Crippen molar-refractivity contribution in [3.63, 3.8) is 0 Å². The minimum absolute atomic E-state index is 0.424. The van der Waals surface area contributed by atoms with Crippen LogP contribution in [0.2, 0.25) is 0 Å². The maximum atomic E-state index is 11.8. The Balaban J connectivity index is 1.76. The third-order valence-corrected chi connectivity index (χ3v) is 6.70. The van der Waals surface area contributed by atoms with Crippen molar-refractivity contribution in [2.45, 2.75) is 44.9 Å². The van der Waals surface area contributed by atoms with Crippen LogP contribution in [-0.2, 0) is 24.9 Å². The van der Waals surface area contributed by atoms with Gasteiger partial charge in [0.2, 0.25) is 10.0 Å². The molecular weight excluding hydrogens is 412 g/mol. The van der Waals surface area contributed by atoms with Crippen LogP contribution in [0.1, 0.15) is 45.1 Å². The Hall–Kier alpha value is -2.93. The van der Waals surface area contributed by atoms with E-state index in [9.17, 15) is 8.42 Å². The monoisotopic (exact) mass is 440 g/mol. The van der Waals surface area contributed by atoms with Crippen molar-refractivity contribution in [2.75, 3.05) is 11.0 Å². The summed E-state index contributed by atoms with van der Waals surface area (Å²) in [4.78, 5) is 3.28. The standard InChI is InChI=1S/C24H28N2O4S/c1-4-24(5-2,22-16-29-15-21(30-22)17-10-7-6-8-11-17)19-14-25-23-18(19)12-9-13-20(23)26-31(3,27)28/h6-7,9-10,12-16,25-26H,4-5,8,11H2,1-3H3. The fraction of sp³-hybridized carbons (Fsp3) is 0.333. The molecule has 0 fully saturated rings. The van der Waals surface area contributed by atoms with Gasteiger partial charge in [0.15, 0.2) is 5.76 Å². The molecule has 164 valence electrons. The first-order valence-corrected chi connectivity index (χ1v) is 12.5. The lowest BCUT2D eigenvalue weighted by atomic mass is 9.74. The lowest BCUT2D eigenvalue weighted by Crippen LogP contribution is -2.29. The van der Waals surface area contributed by atoms with Crippen molar-refractivity contribution in [1.29, 1.82) is 0 Å². The molecule has 0 saturated heterocycles. The molecule has 0 radical (unpaired) electrons. The van der Waals surface area contributed by atoms with E-state index < -0.39 is 15.4 Å². The molecule has 6 nitrogen and oxygen atoms in total. The average Bonchev–Trinajstić information content (AvgIpc) is 3.21. The minimum Gasteiger partial charge on any atom is -0.465 e. The molecule has 1 aromatic heterocycles. The van der Waals surface area contributed by atoms with E-state index in [1.807, 2.05) is 24.4 Å². The number of para-hydroxylation sites is 1. The van der Waals surface area contributed by atoms with Gasteiger partial charge in [-0.15, -0.1) is 0 Å². The van der Waals surface area contributed by atoms with E-state index in [0.717, 1.165) is 65.5 Å². The van der Waals surface area contributed by atoms with Gasteiger partial charge in [-0.3, -0.25) is 4.72 Å². The van der Waals surface area contributed by atoms with Crippen molar-refractivity contribution in [3.8, 4) is 0 Å². The van der Waals surface area contributed by atoms with Gasteiger partial charge in [-0.05, 0) is 42.9 Å². The Morgan fingerprint density at radius 2 is 2.00 bits per heavy atom. The number of hydrogen-bond acceptors (Lipinski definition) is 4. The molecule has 0 saturated carbocycles. The number of rotatable bonds is 7. The first kappa shape index (κ1) is 21.3. The molecule has 0 bridgehead atoms. The van der Waals surface area contributed by atoms with E-state index in [0.29, 0.717) is 5.69 Å². The Labute approximate surface area is 183 Å². The molecule has 2 N–H and O–H groups in total. The smallest absolute Gasteiger partial charge is 0.229 e. The Morgan fingerprint density at radius 3 is 2.68 bits per heavy atom. The topological polar surface area (TPSA) is 80.4 Å². The van der Waals surface area contributed by atoms with Crippen LogP contribution >= 0.6 is 0 Å². The maximum Gasteiger partial charge on any atom is 0.229 e. The highest BCUT2D eigenvalue weighted by Crippen LogP contribution is 2.46. The van der Waals surface area contributed by atoms with Crippen LogP contribution in [0.15, 0.2) is 72.2 Å². The van der Waals surface area contributed by atoms with Crippen LogP contribution < -0.4 is 4.72 Å². The van der Waals surface area contributed by atoms with Gasteiger partial charge in [-0.1, -0.05) is 44.2 Å². The summed E-state index contributed by atoms with van der Waals surface area (Å²) < 4.78 is 38.4. The number of fused-ring (bicyclic) bond motifs is 1. The van der Waals surface area contributed by atoms with E-state index in [1.165, 1.54) is 0 Å². The van der Waals surface area contributed by atoms with Gasteiger partial charge in [-0.25, -0.2) is 8.42 Å². The Bertz CT molecular complexity index is 1210.